The number of allylic oxidation sites excluding steroid dienone is 8. The van der Waals surface area contributed by atoms with Gasteiger partial charge in [-0.3, -0.25) is 0 Å². The Morgan fingerprint density at radius 2 is 1.09 bits per heavy atom. The summed E-state index contributed by atoms with van der Waals surface area (Å²) < 4.78 is 3.00. The average molecular weight is 637 g/mol. The van der Waals surface area contributed by atoms with Crippen LogP contribution in [0.25, 0.3) is 59.5 Å². The topological polar surface area (TPSA) is 4.93 Å². The highest BCUT2D eigenvalue weighted by Gasteiger charge is 2.13. The summed E-state index contributed by atoms with van der Waals surface area (Å²) in [4.78, 5) is 2.55. The van der Waals surface area contributed by atoms with Gasteiger partial charge in [-0.25, -0.2) is 0 Å². The average Bonchev–Trinajstić information content (AvgIpc) is 3.66. The first-order valence-electron chi connectivity index (χ1n) is 14.0. The molecular weight excluding hydrogens is 606 g/mol. The fourth-order valence-corrected chi connectivity index (χ4v) is 6.36. The number of para-hydroxylation sites is 1. The molecule has 4 aromatic carbocycles. The van der Waals surface area contributed by atoms with E-state index < -0.39 is 0 Å². The monoisotopic (exact) mass is 635 g/mol. The van der Waals surface area contributed by atoms with Crippen molar-refractivity contribution in [3.63, 3.8) is 0 Å². The van der Waals surface area contributed by atoms with E-state index in [-0.39, 0.29) is 0 Å². The lowest BCUT2D eigenvalue weighted by Gasteiger charge is -2.09. The van der Waals surface area contributed by atoms with E-state index in [1.54, 1.807) is 0 Å². The standard InChI is InChI=1S/C40H30BrNS/c1-27(14-16-29(3)41)28(2)15-17-30(4)42-37-13-9-8-12-35(37)36-26-34(22-23-38(36)42)31-18-20-33(21-19-31)40-25-24-39(43-40)32-10-6-5-7-11-32/h5-26H,1-4H2/b16-14-,17-15-. The lowest BCUT2D eigenvalue weighted by atomic mass is 10.0. The molecule has 0 amide bonds. The summed E-state index contributed by atoms with van der Waals surface area (Å²) in [5, 5.41) is 2.39. The Morgan fingerprint density at radius 3 is 1.79 bits per heavy atom. The molecule has 0 aliphatic carbocycles. The van der Waals surface area contributed by atoms with E-state index >= 15 is 0 Å². The molecule has 0 saturated carbocycles. The number of rotatable bonds is 9. The van der Waals surface area contributed by atoms with Gasteiger partial charge in [-0.1, -0.05) is 133 Å². The number of aromatic nitrogens is 1. The highest BCUT2D eigenvalue weighted by molar-refractivity contribution is 9.11. The van der Waals surface area contributed by atoms with Crippen LogP contribution < -0.4 is 0 Å². The zero-order chi connectivity index (χ0) is 29.9. The van der Waals surface area contributed by atoms with Gasteiger partial charge in [0.25, 0.3) is 0 Å². The van der Waals surface area contributed by atoms with E-state index in [4.69, 9.17) is 0 Å². The van der Waals surface area contributed by atoms with Crippen LogP contribution in [-0.2, 0) is 0 Å². The molecule has 6 rings (SSSR count). The quantitative estimate of drug-likeness (QED) is 0.139. The number of hydrogen-bond acceptors (Lipinski definition) is 1. The molecule has 0 bridgehead atoms. The zero-order valence-electron chi connectivity index (χ0n) is 23.8. The van der Waals surface area contributed by atoms with Gasteiger partial charge in [0.1, 0.15) is 0 Å². The number of thiophene rings is 1. The maximum Gasteiger partial charge on any atom is 0.0541 e. The van der Waals surface area contributed by atoms with Gasteiger partial charge in [0.05, 0.1) is 11.0 Å². The Kier molecular flexibility index (Phi) is 8.11. The zero-order valence-corrected chi connectivity index (χ0v) is 26.2. The molecular formula is C40H30BrNS. The predicted octanol–water partition coefficient (Wildman–Crippen LogP) is 12.5. The Morgan fingerprint density at radius 1 is 0.535 bits per heavy atom. The van der Waals surface area contributed by atoms with E-state index in [2.05, 4.69) is 156 Å². The van der Waals surface area contributed by atoms with E-state index in [1.165, 1.54) is 42.8 Å². The molecule has 2 aromatic heterocycles. The van der Waals surface area contributed by atoms with Crippen LogP contribution in [0.15, 0.2) is 175 Å². The first-order chi connectivity index (χ1) is 20.9. The summed E-state index contributed by atoms with van der Waals surface area (Å²) in [5.41, 5.74) is 9.58. The SMILES string of the molecule is C=C(Br)/C=C\C(=C)C(=C)/C=C\C(=C)n1c2ccccc2c2cc(-c3ccc(-c4ccc(-c5ccccc5)s4)cc3)ccc21. The van der Waals surface area contributed by atoms with Crippen molar-refractivity contribution in [3.8, 4) is 32.0 Å². The van der Waals surface area contributed by atoms with Crippen LogP contribution >= 0.6 is 27.3 Å². The van der Waals surface area contributed by atoms with Gasteiger partial charge in [0.15, 0.2) is 0 Å². The van der Waals surface area contributed by atoms with Crippen LogP contribution in [-0.4, -0.2) is 4.57 Å². The summed E-state index contributed by atoms with van der Waals surface area (Å²) >= 11 is 5.16. The predicted molar refractivity (Wildman–Crippen MR) is 194 cm³/mol. The molecule has 0 saturated heterocycles. The second kappa shape index (κ2) is 12.3. The summed E-state index contributed by atoms with van der Waals surface area (Å²) in [6.07, 6.45) is 7.71. The van der Waals surface area contributed by atoms with Crippen LogP contribution in [0.1, 0.15) is 0 Å². The van der Waals surface area contributed by atoms with E-state index in [9.17, 15) is 0 Å². The third-order valence-electron chi connectivity index (χ3n) is 7.48. The second-order valence-electron chi connectivity index (χ2n) is 10.3. The minimum Gasteiger partial charge on any atom is -0.310 e. The molecule has 43 heavy (non-hydrogen) atoms. The first kappa shape index (κ1) is 28.4. The van der Waals surface area contributed by atoms with Crippen molar-refractivity contribution in [2.45, 2.75) is 0 Å². The van der Waals surface area contributed by atoms with Gasteiger partial charge in [-0.2, -0.15) is 0 Å². The maximum absolute atomic E-state index is 4.41. The van der Waals surface area contributed by atoms with Crippen molar-refractivity contribution in [3.05, 3.63) is 175 Å². The summed E-state index contributed by atoms with van der Waals surface area (Å²) in [7, 11) is 0. The van der Waals surface area contributed by atoms with Crippen LogP contribution in [0.4, 0.5) is 0 Å². The van der Waals surface area contributed by atoms with Crippen molar-refractivity contribution < 1.29 is 0 Å². The highest BCUT2D eigenvalue weighted by atomic mass is 79.9. The maximum atomic E-state index is 4.41. The van der Waals surface area contributed by atoms with E-state index in [1.807, 2.05) is 35.6 Å². The first-order valence-corrected chi connectivity index (χ1v) is 15.6. The third-order valence-corrected chi connectivity index (χ3v) is 8.93. The van der Waals surface area contributed by atoms with E-state index in [0.29, 0.717) is 0 Å². The molecule has 1 nitrogen and oxygen atoms in total. The van der Waals surface area contributed by atoms with Crippen molar-refractivity contribution in [2.75, 3.05) is 0 Å². The van der Waals surface area contributed by atoms with Crippen LogP contribution in [0.2, 0.25) is 0 Å². The molecule has 0 N–H and O–H groups in total. The minimum absolute atomic E-state index is 0.787. The van der Waals surface area contributed by atoms with Gasteiger partial charge in [0, 0.05) is 30.7 Å². The summed E-state index contributed by atoms with van der Waals surface area (Å²) in [5.74, 6) is 0. The molecule has 6 aromatic rings. The molecule has 0 fully saturated rings. The molecule has 2 heterocycles. The largest absolute Gasteiger partial charge is 0.310 e. The second-order valence-corrected chi connectivity index (χ2v) is 12.4. The van der Waals surface area contributed by atoms with Crippen molar-refractivity contribution in [1.82, 2.24) is 4.57 Å². The lowest BCUT2D eigenvalue weighted by molar-refractivity contribution is 1.24. The smallest absolute Gasteiger partial charge is 0.0541 e. The number of fused-ring (bicyclic) bond motifs is 3. The molecule has 0 radical (unpaired) electrons. The normalized spacial score (nSPS) is 11.6. The summed E-state index contributed by atoms with van der Waals surface area (Å²) in [6.45, 7) is 16.5. The number of nitrogens with zero attached hydrogens (tertiary/aromatic N) is 1. The van der Waals surface area contributed by atoms with Gasteiger partial charge in [0.2, 0.25) is 0 Å². The Hall–Kier alpha value is -4.70. The number of halogens is 1. The van der Waals surface area contributed by atoms with Crippen LogP contribution in [0.3, 0.4) is 0 Å². The lowest BCUT2D eigenvalue weighted by Crippen LogP contribution is -1.93. The van der Waals surface area contributed by atoms with Crippen molar-refractivity contribution in [1.29, 1.82) is 0 Å². The van der Waals surface area contributed by atoms with Crippen molar-refractivity contribution >= 4 is 54.8 Å². The number of hydrogen-bond donors (Lipinski definition) is 0. The van der Waals surface area contributed by atoms with Crippen molar-refractivity contribution in [2.24, 2.45) is 0 Å². The fraction of sp³-hybridized carbons (Fsp3) is 0. The molecule has 0 unspecified atom stereocenters. The fourth-order valence-electron chi connectivity index (χ4n) is 5.22. The minimum atomic E-state index is 0.787. The Bertz CT molecular complexity index is 2080. The molecule has 0 aliphatic heterocycles. The Balaban J connectivity index is 1.30. The Labute approximate surface area is 265 Å². The number of benzene rings is 4. The molecule has 0 spiro atoms. The third kappa shape index (κ3) is 5.96. The molecule has 0 atom stereocenters. The van der Waals surface area contributed by atoms with Gasteiger partial charge in [-0.05, 0) is 75.9 Å². The van der Waals surface area contributed by atoms with Gasteiger partial charge >= 0.3 is 0 Å². The molecule has 208 valence electrons. The highest BCUT2D eigenvalue weighted by Crippen LogP contribution is 2.37. The van der Waals surface area contributed by atoms with Crippen LogP contribution in [0, 0.1) is 0 Å². The van der Waals surface area contributed by atoms with Gasteiger partial charge in [-0.15, -0.1) is 11.3 Å². The van der Waals surface area contributed by atoms with Crippen LogP contribution in [0.5, 0.6) is 0 Å². The molecule has 3 heteroatoms. The molecule has 0 aliphatic rings. The van der Waals surface area contributed by atoms with Gasteiger partial charge < -0.3 is 4.57 Å². The summed E-state index contributed by atoms with van der Waals surface area (Å²) in [6, 6.07) is 39.0. The van der Waals surface area contributed by atoms with E-state index in [0.717, 1.165) is 32.4 Å².